The van der Waals surface area contributed by atoms with Gasteiger partial charge in [-0.1, -0.05) is 0 Å². The van der Waals surface area contributed by atoms with Crippen LogP contribution in [0, 0.1) is 0 Å². The van der Waals surface area contributed by atoms with Crippen LogP contribution in [0.15, 0.2) is 15.9 Å². The van der Waals surface area contributed by atoms with Gasteiger partial charge in [0.1, 0.15) is 0 Å². The van der Waals surface area contributed by atoms with Gasteiger partial charge in [0.15, 0.2) is 0 Å². The molecular formula is C12H19BrN2OS. The molecule has 1 saturated heterocycles. The van der Waals surface area contributed by atoms with E-state index in [2.05, 4.69) is 51.6 Å². The van der Waals surface area contributed by atoms with Crippen molar-refractivity contribution < 1.29 is 4.74 Å². The molecule has 1 aromatic rings. The van der Waals surface area contributed by atoms with Gasteiger partial charge in [0.05, 0.1) is 12.7 Å². The van der Waals surface area contributed by atoms with Crippen molar-refractivity contribution in [1.29, 1.82) is 0 Å². The molecule has 1 fully saturated rings. The molecule has 17 heavy (non-hydrogen) atoms. The Hall–Kier alpha value is 0.0600. The van der Waals surface area contributed by atoms with Gasteiger partial charge in [-0.2, -0.15) is 0 Å². The Balaban J connectivity index is 1.80. The second kappa shape index (κ2) is 6.29. The SMILES string of the molecule is CC(NCC1CN(C)CCO1)c1sccc1Br. The third-order valence-electron chi connectivity index (χ3n) is 3.03. The zero-order chi connectivity index (χ0) is 12.3. The van der Waals surface area contributed by atoms with Crippen molar-refractivity contribution in [2.75, 3.05) is 33.3 Å². The molecule has 0 aromatic carbocycles. The molecule has 5 heteroatoms. The van der Waals surface area contributed by atoms with Gasteiger partial charge in [-0.15, -0.1) is 11.3 Å². The third-order valence-corrected chi connectivity index (χ3v) is 5.09. The summed E-state index contributed by atoms with van der Waals surface area (Å²) in [6.45, 7) is 6.02. The van der Waals surface area contributed by atoms with Crippen molar-refractivity contribution in [3.63, 3.8) is 0 Å². The molecule has 0 saturated carbocycles. The Kier molecular flexibility index (Phi) is 4.99. The summed E-state index contributed by atoms with van der Waals surface area (Å²) in [5, 5.41) is 5.66. The second-order valence-corrected chi connectivity index (χ2v) is 6.32. The van der Waals surface area contributed by atoms with Crippen LogP contribution in [-0.4, -0.2) is 44.3 Å². The quantitative estimate of drug-likeness (QED) is 0.923. The van der Waals surface area contributed by atoms with Crippen molar-refractivity contribution >= 4 is 27.3 Å². The third kappa shape index (κ3) is 3.76. The molecule has 0 amide bonds. The van der Waals surface area contributed by atoms with Crippen LogP contribution in [-0.2, 0) is 4.74 Å². The Morgan fingerprint density at radius 3 is 3.18 bits per heavy atom. The van der Waals surface area contributed by atoms with Crippen molar-refractivity contribution in [3.05, 3.63) is 20.8 Å². The summed E-state index contributed by atoms with van der Waals surface area (Å²) in [4.78, 5) is 3.68. The maximum absolute atomic E-state index is 5.73. The molecular weight excluding hydrogens is 300 g/mol. The van der Waals surface area contributed by atoms with Gasteiger partial charge in [-0.3, -0.25) is 0 Å². The highest BCUT2D eigenvalue weighted by Crippen LogP contribution is 2.28. The van der Waals surface area contributed by atoms with E-state index >= 15 is 0 Å². The first-order chi connectivity index (χ1) is 8.16. The average Bonchev–Trinajstić information content (AvgIpc) is 2.72. The molecule has 0 bridgehead atoms. The second-order valence-electron chi connectivity index (χ2n) is 4.52. The monoisotopic (exact) mass is 318 g/mol. The van der Waals surface area contributed by atoms with Crippen LogP contribution >= 0.6 is 27.3 Å². The Labute approximate surface area is 115 Å². The largest absolute Gasteiger partial charge is 0.374 e. The summed E-state index contributed by atoms with van der Waals surface area (Å²) >= 11 is 5.36. The summed E-state index contributed by atoms with van der Waals surface area (Å²) < 4.78 is 6.93. The molecule has 2 rings (SSSR count). The number of thiophene rings is 1. The minimum Gasteiger partial charge on any atom is -0.374 e. The highest BCUT2D eigenvalue weighted by molar-refractivity contribution is 9.10. The summed E-state index contributed by atoms with van der Waals surface area (Å²) in [6.07, 6.45) is 0.315. The lowest BCUT2D eigenvalue weighted by molar-refractivity contribution is -0.0190. The number of nitrogens with one attached hydrogen (secondary N) is 1. The van der Waals surface area contributed by atoms with Gasteiger partial charge in [-0.05, 0) is 41.3 Å². The standard InChI is InChI=1S/C12H19BrN2OS/c1-9(12-11(13)3-6-17-12)14-7-10-8-15(2)4-5-16-10/h3,6,9-10,14H,4-5,7-8H2,1-2H3. The smallest absolute Gasteiger partial charge is 0.0826 e. The van der Waals surface area contributed by atoms with Gasteiger partial charge < -0.3 is 15.0 Å². The molecule has 1 N–H and O–H groups in total. The van der Waals surface area contributed by atoms with Crippen molar-refractivity contribution in [2.24, 2.45) is 0 Å². The molecule has 0 radical (unpaired) electrons. The lowest BCUT2D eigenvalue weighted by Crippen LogP contribution is -2.45. The first-order valence-electron chi connectivity index (χ1n) is 5.93. The lowest BCUT2D eigenvalue weighted by Gasteiger charge is -2.31. The van der Waals surface area contributed by atoms with E-state index < -0.39 is 0 Å². The van der Waals surface area contributed by atoms with Crippen LogP contribution in [0.5, 0.6) is 0 Å². The van der Waals surface area contributed by atoms with Crippen molar-refractivity contribution in [2.45, 2.75) is 19.1 Å². The van der Waals surface area contributed by atoms with Gasteiger partial charge >= 0.3 is 0 Å². The van der Waals surface area contributed by atoms with E-state index in [4.69, 9.17) is 4.74 Å². The van der Waals surface area contributed by atoms with E-state index in [1.54, 1.807) is 11.3 Å². The zero-order valence-electron chi connectivity index (χ0n) is 10.3. The minimum absolute atomic E-state index is 0.315. The molecule has 96 valence electrons. The maximum Gasteiger partial charge on any atom is 0.0826 e. The highest BCUT2D eigenvalue weighted by atomic mass is 79.9. The van der Waals surface area contributed by atoms with Crippen molar-refractivity contribution in [1.82, 2.24) is 10.2 Å². The molecule has 2 heterocycles. The van der Waals surface area contributed by atoms with Gasteiger partial charge in [-0.25, -0.2) is 0 Å². The van der Waals surface area contributed by atoms with Gasteiger partial charge in [0.2, 0.25) is 0 Å². The molecule has 2 atom stereocenters. The van der Waals surface area contributed by atoms with E-state index in [9.17, 15) is 0 Å². The predicted molar refractivity (Wildman–Crippen MR) is 75.7 cm³/mol. The first-order valence-corrected chi connectivity index (χ1v) is 7.60. The molecule has 0 spiro atoms. The van der Waals surface area contributed by atoms with Crippen LogP contribution < -0.4 is 5.32 Å². The van der Waals surface area contributed by atoms with E-state index in [0.717, 1.165) is 26.2 Å². The van der Waals surface area contributed by atoms with E-state index in [-0.39, 0.29) is 0 Å². The van der Waals surface area contributed by atoms with Crippen LogP contribution in [0.25, 0.3) is 0 Å². The van der Waals surface area contributed by atoms with Gasteiger partial charge in [0, 0.05) is 35.0 Å². The fourth-order valence-corrected chi connectivity index (χ4v) is 3.76. The number of hydrogen-bond acceptors (Lipinski definition) is 4. The lowest BCUT2D eigenvalue weighted by atomic mass is 10.2. The topological polar surface area (TPSA) is 24.5 Å². The minimum atomic E-state index is 0.315. The molecule has 1 aliphatic rings. The molecule has 2 unspecified atom stereocenters. The first kappa shape index (κ1) is 13.5. The Bertz CT molecular complexity index is 358. The summed E-state index contributed by atoms with van der Waals surface area (Å²) in [7, 11) is 2.15. The summed E-state index contributed by atoms with van der Waals surface area (Å²) in [5.41, 5.74) is 0. The molecule has 1 aromatic heterocycles. The zero-order valence-corrected chi connectivity index (χ0v) is 12.7. The number of ether oxygens (including phenoxy) is 1. The fraction of sp³-hybridized carbons (Fsp3) is 0.667. The Morgan fingerprint density at radius 2 is 2.53 bits per heavy atom. The average molecular weight is 319 g/mol. The van der Waals surface area contributed by atoms with Crippen LogP contribution in [0.3, 0.4) is 0 Å². The predicted octanol–water partition coefficient (Wildman–Crippen LogP) is 2.49. The number of rotatable bonds is 4. The number of morpholine rings is 1. The van der Waals surface area contributed by atoms with Crippen LogP contribution in [0.2, 0.25) is 0 Å². The number of nitrogens with zero attached hydrogens (tertiary/aromatic N) is 1. The number of likely N-dealkylation sites (N-methyl/N-ethyl adjacent to an activating group) is 1. The van der Waals surface area contributed by atoms with Gasteiger partial charge in [0.25, 0.3) is 0 Å². The summed E-state index contributed by atoms with van der Waals surface area (Å²) in [5.74, 6) is 0. The van der Waals surface area contributed by atoms with Crippen LogP contribution in [0.1, 0.15) is 17.8 Å². The van der Waals surface area contributed by atoms with Crippen LogP contribution in [0.4, 0.5) is 0 Å². The fourth-order valence-electron chi connectivity index (χ4n) is 2.01. The van der Waals surface area contributed by atoms with E-state index in [0.29, 0.717) is 12.1 Å². The number of halogens is 1. The Morgan fingerprint density at radius 1 is 1.71 bits per heavy atom. The van der Waals surface area contributed by atoms with E-state index in [1.807, 2.05) is 0 Å². The summed E-state index contributed by atoms with van der Waals surface area (Å²) in [6, 6.07) is 2.48. The normalized spacial score (nSPS) is 23.8. The molecule has 1 aliphatic heterocycles. The molecule has 0 aliphatic carbocycles. The highest BCUT2D eigenvalue weighted by Gasteiger charge is 2.19. The maximum atomic E-state index is 5.73. The molecule has 3 nitrogen and oxygen atoms in total. The number of hydrogen-bond donors (Lipinski definition) is 1. The van der Waals surface area contributed by atoms with E-state index in [1.165, 1.54) is 9.35 Å². The van der Waals surface area contributed by atoms with Crippen molar-refractivity contribution in [3.8, 4) is 0 Å².